The highest BCUT2D eigenvalue weighted by atomic mass is 16.7. The number of benzene rings is 1. The van der Waals surface area contributed by atoms with Gasteiger partial charge in [-0.1, -0.05) is 12.1 Å². The topological polar surface area (TPSA) is 84.5 Å². The van der Waals surface area contributed by atoms with Gasteiger partial charge < -0.3 is 14.4 Å². The van der Waals surface area contributed by atoms with Crippen LogP contribution in [0.3, 0.4) is 0 Å². The van der Waals surface area contributed by atoms with E-state index < -0.39 is 11.2 Å². The molecule has 1 N–H and O–H groups in total. The molecule has 0 radical (unpaired) electrons. The van der Waals surface area contributed by atoms with Gasteiger partial charge in [0.1, 0.15) is 0 Å². The molecule has 0 saturated heterocycles. The molecule has 0 saturated carbocycles. The van der Waals surface area contributed by atoms with Crippen LogP contribution in [0, 0.1) is 0 Å². The molecule has 0 amide bonds. The fourth-order valence-electron chi connectivity index (χ4n) is 2.21. The maximum absolute atomic E-state index is 12.6. The normalized spacial score (nSPS) is 12.6. The largest absolute Gasteiger partial charge is 0.454 e. The van der Waals surface area contributed by atoms with Gasteiger partial charge in [0.25, 0.3) is 0 Å². The van der Waals surface area contributed by atoms with Crippen molar-refractivity contribution in [3.8, 4) is 22.6 Å². The molecule has 1 aliphatic rings. The van der Waals surface area contributed by atoms with Gasteiger partial charge in [0.2, 0.25) is 18.0 Å². The molecule has 0 fully saturated rings. The number of fused-ring (bicyclic) bond motifs is 1. The summed E-state index contributed by atoms with van der Waals surface area (Å²) < 4.78 is 10.7. The lowest BCUT2D eigenvalue weighted by Gasteiger charge is -2.06. The molecule has 3 rings (SSSR count). The van der Waals surface area contributed by atoms with Crippen molar-refractivity contribution in [3.63, 3.8) is 0 Å². The van der Waals surface area contributed by atoms with Gasteiger partial charge in [-0.3, -0.25) is 14.7 Å². The third-order valence-electron chi connectivity index (χ3n) is 3.29. The number of rotatable bonds is 4. The molecule has 0 spiro atoms. The molecule has 0 aliphatic carbocycles. The van der Waals surface area contributed by atoms with E-state index in [4.69, 9.17) is 9.47 Å². The van der Waals surface area contributed by atoms with E-state index in [9.17, 15) is 9.59 Å². The number of carbonyl (C=O) groups excluding carboxylic acids is 1. The van der Waals surface area contributed by atoms with E-state index >= 15 is 0 Å². The number of nitrogens with zero attached hydrogens (tertiary/aromatic N) is 2. The molecule has 2 heterocycles. The Labute approximate surface area is 132 Å². The molecular formula is C16H15N3O4. The second-order valence-corrected chi connectivity index (χ2v) is 5.16. The summed E-state index contributed by atoms with van der Waals surface area (Å²) in [5, 5.41) is 6.42. The predicted octanol–water partition coefficient (Wildman–Crippen LogP) is 1.42. The van der Waals surface area contributed by atoms with Crippen molar-refractivity contribution in [1.29, 1.82) is 0 Å². The molecule has 23 heavy (non-hydrogen) atoms. The molecule has 2 aromatic rings. The monoisotopic (exact) mass is 313 g/mol. The van der Waals surface area contributed by atoms with Gasteiger partial charge in [-0.15, -0.1) is 0 Å². The van der Waals surface area contributed by atoms with Crippen molar-refractivity contribution in [1.82, 2.24) is 15.1 Å². The quantitative estimate of drug-likeness (QED) is 0.679. The summed E-state index contributed by atoms with van der Waals surface area (Å²) >= 11 is 0. The van der Waals surface area contributed by atoms with Crippen LogP contribution in [-0.4, -0.2) is 41.8 Å². The first-order valence-electron chi connectivity index (χ1n) is 6.94. The summed E-state index contributed by atoms with van der Waals surface area (Å²) in [6.45, 7) is 0.104. The molecule has 118 valence electrons. The van der Waals surface area contributed by atoms with E-state index in [1.54, 1.807) is 43.4 Å². The zero-order chi connectivity index (χ0) is 16.4. The summed E-state index contributed by atoms with van der Waals surface area (Å²) in [7, 11) is 3.56. The summed E-state index contributed by atoms with van der Waals surface area (Å²) in [6, 6.07) is 5.26. The minimum absolute atomic E-state index is 0.104. The Morgan fingerprint density at radius 3 is 2.91 bits per heavy atom. The average molecular weight is 313 g/mol. The van der Waals surface area contributed by atoms with Gasteiger partial charge in [-0.25, -0.2) is 0 Å². The Balaban J connectivity index is 2.07. The Bertz CT molecular complexity index is 839. The molecule has 7 heteroatoms. The summed E-state index contributed by atoms with van der Waals surface area (Å²) in [5.41, 5.74) is 0.247. The van der Waals surface area contributed by atoms with Crippen molar-refractivity contribution in [2.45, 2.75) is 0 Å². The molecular weight excluding hydrogens is 298 g/mol. The predicted molar refractivity (Wildman–Crippen MR) is 83.6 cm³/mol. The van der Waals surface area contributed by atoms with Gasteiger partial charge in [-0.05, 0) is 6.07 Å². The van der Waals surface area contributed by atoms with E-state index in [0.717, 1.165) is 0 Å². The van der Waals surface area contributed by atoms with E-state index in [0.29, 0.717) is 22.6 Å². The van der Waals surface area contributed by atoms with E-state index in [1.807, 2.05) is 0 Å². The zero-order valence-corrected chi connectivity index (χ0v) is 12.7. The Morgan fingerprint density at radius 1 is 1.30 bits per heavy atom. The minimum Gasteiger partial charge on any atom is -0.454 e. The second kappa shape index (κ2) is 5.96. The van der Waals surface area contributed by atoms with Crippen LogP contribution in [0.2, 0.25) is 0 Å². The van der Waals surface area contributed by atoms with Crippen molar-refractivity contribution >= 4 is 5.78 Å². The molecule has 1 aromatic carbocycles. The summed E-state index contributed by atoms with van der Waals surface area (Å²) in [4.78, 5) is 26.4. The number of para-hydroxylation sites is 1. The lowest BCUT2D eigenvalue weighted by molar-refractivity contribution is 0.103. The number of ketones is 1. The first kappa shape index (κ1) is 14.8. The smallest absolute Gasteiger partial charge is 0.231 e. The standard InChI is InChI=1S/C16H15N3O4/c1-19(2)7-6-12(20)14-15(21)11(8-17-18-14)10-4-3-5-13-16(10)23-9-22-13/h3-8H,9H2,1-2H3,(H,17,21)/b7-6+. The van der Waals surface area contributed by atoms with Gasteiger partial charge in [0, 0.05) is 38.1 Å². The Kier molecular flexibility index (Phi) is 3.84. The van der Waals surface area contributed by atoms with Crippen LogP contribution in [0.15, 0.2) is 41.5 Å². The van der Waals surface area contributed by atoms with Crippen LogP contribution in [0.5, 0.6) is 11.5 Å². The third kappa shape index (κ3) is 2.80. The highest BCUT2D eigenvalue weighted by Crippen LogP contribution is 2.39. The summed E-state index contributed by atoms with van der Waals surface area (Å²) in [6.07, 6.45) is 4.32. The number of hydrogen-bond acceptors (Lipinski definition) is 6. The van der Waals surface area contributed by atoms with Gasteiger partial charge in [-0.2, -0.15) is 5.10 Å². The van der Waals surface area contributed by atoms with Crippen molar-refractivity contribution < 1.29 is 14.3 Å². The molecule has 0 bridgehead atoms. The maximum atomic E-state index is 12.6. The number of allylic oxidation sites excluding steroid dienone is 1. The molecule has 1 aliphatic heterocycles. The van der Waals surface area contributed by atoms with E-state index in [1.165, 1.54) is 12.3 Å². The number of ether oxygens (including phenoxy) is 2. The number of aromatic amines is 1. The highest BCUT2D eigenvalue weighted by Gasteiger charge is 2.22. The summed E-state index contributed by atoms with van der Waals surface area (Å²) in [5.74, 6) is 0.595. The first-order chi connectivity index (χ1) is 11.1. The van der Waals surface area contributed by atoms with Gasteiger partial charge >= 0.3 is 0 Å². The lowest BCUT2D eigenvalue weighted by atomic mass is 10.0. The Morgan fingerprint density at radius 2 is 2.13 bits per heavy atom. The Hall–Kier alpha value is -3.09. The highest BCUT2D eigenvalue weighted by molar-refractivity contribution is 6.03. The minimum atomic E-state index is -0.466. The van der Waals surface area contributed by atoms with Crippen LogP contribution in [-0.2, 0) is 0 Å². The van der Waals surface area contributed by atoms with Crippen LogP contribution >= 0.6 is 0 Å². The number of carbonyl (C=O) groups is 1. The van der Waals surface area contributed by atoms with Gasteiger partial charge in [0.15, 0.2) is 17.2 Å². The van der Waals surface area contributed by atoms with Crippen LogP contribution in [0.25, 0.3) is 11.1 Å². The second-order valence-electron chi connectivity index (χ2n) is 5.16. The first-order valence-corrected chi connectivity index (χ1v) is 6.94. The molecule has 1 aromatic heterocycles. The van der Waals surface area contributed by atoms with E-state index in [-0.39, 0.29) is 12.5 Å². The fourth-order valence-corrected chi connectivity index (χ4v) is 2.21. The lowest BCUT2D eigenvalue weighted by Crippen LogP contribution is -2.19. The van der Waals surface area contributed by atoms with Crippen molar-refractivity contribution in [2.24, 2.45) is 0 Å². The molecule has 0 atom stereocenters. The number of nitrogens with one attached hydrogen (secondary N) is 1. The van der Waals surface area contributed by atoms with Crippen LogP contribution in [0.1, 0.15) is 10.5 Å². The zero-order valence-electron chi connectivity index (χ0n) is 12.7. The fraction of sp³-hybridized carbons (Fsp3) is 0.188. The average Bonchev–Trinajstić information content (AvgIpc) is 3.01. The van der Waals surface area contributed by atoms with Crippen molar-refractivity contribution in [3.05, 3.63) is 52.6 Å². The van der Waals surface area contributed by atoms with Gasteiger partial charge in [0.05, 0.1) is 5.56 Å². The third-order valence-corrected chi connectivity index (χ3v) is 3.29. The van der Waals surface area contributed by atoms with E-state index in [2.05, 4.69) is 10.2 Å². The van der Waals surface area contributed by atoms with Crippen molar-refractivity contribution in [2.75, 3.05) is 20.9 Å². The van der Waals surface area contributed by atoms with Crippen LogP contribution in [0.4, 0.5) is 0 Å². The number of aromatic nitrogens is 2. The molecule has 0 unspecified atom stereocenters. The number of H-pyrrole nitrogens is 1. The van der Waals surface area contributed by atoms with Crippen LogP contribution < -0.4 is 14.9 Å². The maximum Gasteiger partial charge on any atom is 0.231 e. The SMILES string of the molecule is CN(C)/C=C/C(=O)c1n[nH]cc(-c2cccc3c2OCO3)c1=O. The number of hydrogen-bond donors (Lipinski definition) is 1. The molecule has 7 nitrogen and oxygen atoms in total.